The number of hydrogen-bond acceptors (Lipinski definition) is 6. The Morgan fingerprint density at radius 3 is 2.25 bits per heavy atom. The zero-order valence-electron chi connectivity index (χ0n) is 15.2. The lowest BCUT2D eigenvalue weighted by Crippen LogP contribution is -2.22. The summed E-state index contributed by atoms with van der Waals surface area (Å²) in [4.78, 5) is 35.3. The van der Waals surface area contributed by atoms with Crippen LogP contribution in [0, 0.1) is 0 Å². The van der Waals surface area contributed by atoms with E-state index in [0.29, 0.717) is 11.4 Å². The normalized spacial score (nSPS) is 10.6. The first-order valence-corrected chi connectivity index (χ1v) is 9.94. The van der Waals surface area contributed by atoms with Crippen molar-refractivity contribution < 1.29 is 27.5 Å². The van der Waals surface area contributed by atoms with Gasteiger partial charge in [0.25, 0.3) is 5.91 Å². The van der Waals surface area contributed by atoms with Gasteiger partial charge >= 0.3 is 5.97 Å². The van der Waals surface area contributed by atoms with Gasteiger partial charge in [0.2, 0.25) is 15.9 Å². The fourth-order valence-corrected chi connectivity index (χ4v) is 2.81. The Morgan fingerprint density at radius 2 is 1.61 bits per heavy atom. The molecule has 0 heterocycles. The third-order valence-electron chi connectivity index (χ3n) is 3.24. The lowest BCUT2D eigenvalue weighted by atomic mass is 10.2. The number of amides is 2. The number of benzene rings is 2. The molecular weight excluding hydrogens is 386 g/mol. The largest absolute Gasteiger partial charge is 0.452 e. The van der Waals surface area contributed by atoms with E-state index in [2.05, 4.69) is 15.4 Å². The molecule has 9 nitrogen and oxygen atoms in total. The second kappa shape index (κ2) is 9.00. The van der Waals surface area contributed by atoms with Crippen LogP contribution in [0.3, 0.4) is 0 Å². The van der Waals surface area contributed by atoms with Gasteiger partial charge in [0.1, 0.15) is 0 Å². The molecule has 2 aromatic rings. The molecule has 0 aliphatic heterocycles. The minimum Gasteiger partial charge on any atom is -0.452 e. The number of anilines is 3. The van der Waals surface area contributed by atoms with Crippen molar-refractivity contribution in [2.24, 2.45) is 0 Å². The van der Waals surface area contributed by atoms with Crippen LogP contribution in [0.2, 0.25) is 0 Å². The summed E-state index contributed by atoms with van der Waals surface area (Å²) >= 11 is 0. The van der Waals surface area contributed by atoms with Crippen molar-refractivity contribution in [3.63, 3.8) is 0 Å². The fraction of sp³-hybridized carbons (Fsp3) is 0.167. The van der Waals surface area contributed by atoms with E-state index in [4.69, 9.17) is 4.74 Å². The summed E-state index contributed by atoms with van der Waals surface area (Å²) in [6.45, 7) is 0.789. The molecule has 10 heteroatoms. The van der Waals surface area contributed by atoms with Gasteiger partial charge in [0, 0.05) is 18.3 Å². The zero-order chi connectivity index (χ0) is 20.7. The van der Waals surface area contributed by atoms with Gasteiger partial charge in [-0.1, -0.05) is 18.2 Å². The van der Waals surface area contributed by atoms with Crippen LogP contribution in [-0.2, 0) is 24.3 Å². The summed E-state index contributed by atoms with van der Waals surface area (Å²) in [5.74, 6) is -1.70. The maximum absolute atomic E-state index is 12.2. The number of sulfonamides is 1. The van der Waals surface area contributed by atoms with E-state index in [1.54, 1.807) is 30.3 Å². The second-order valence-electron chi connectivity index (χ2n) is 5.81. The molecule has 0 unspecified atom stereocenters. The first-order valence-electron chi connectivity index (χ1n) is 8.05. The second-order valence-corrected chi connectivity index (χ2v) is 7.55. The van der Waals surface area contributed by atoms with Crippen LogP contribution >= 0.6 is 0 Å². The maximum atomic E-state index is 12.2. The Balaban J connectivity index is 1.98. The molecule has 0 fully saturated rings. The van der Waals surface area contributed by atoms with Crippen molar-refractivity contribution in [1.29, 1.82) is 0 Å². The van der Waals surface area contributed by atoms with Crippen molar-refractivity contribution in [2.75, 3.05) is 28.2 Å². The van der Waals surface area contributed by atoms with Crippen LogP contribution in [0.1, 0.15) is 17.3 Å². The summed E-state index contributed by atoms with van der Waals surface area (Å²) in [6, 6.07) is 12.3. The number of esters is 1. The Kier molecular flexibility index (Phi) is 6.72. The third kappa shape index (κ3) is 6.72. The number of carbonyl (C=O) groups is 3. The molecule has 0 aliphatic rings. The SMILES string of the molecule is CC(=O)Nc1cccc(NC(=O)COC(=O)c2ccccc2NS(C)(=O)=O)c1. The summed E-state index contributed by atoms with van der Waals surface area (Å²) in [6.07, 6.45) is 0.956. The lowest BCUT2D eigenvalue weighted by molar-refractivity contribution is -0.119. The molecule has 0 aromatic heterocycles. The highest BCUT2D eigenvalue weighted by atomic mass is 32.2. The number of para-hydroxylation sites is 1. The van der Waals surface area contributed by atoms with Crippen LogP contribution < -0.4 is 15.4 Å². The monoisotopic (exact) mass is 405 g/mol. The molecular formula is C18H19N3O6S. The molecule has 0 bridgehead atoms. The van der Waals surface area contributed by atoms with Crippen LogP contribution in [0.4, 0.5) is 17.1 Å². The molecule has 2 rings (SSSR count). The number of rotatable bonds is 7. The summed E-state index contributed by atoms with van der Waals surface area (Å²) in [7, 11) is -3.58. The highest BCUT2D eigenvalue weighted by Gasteiger charge is 2.16. The zero-order valence-corrected chi connectivity index (χ0v) is 16.0. The highest BCUT2D eigenvalue weighted by molar-refractivity contribution is 7.92. The quantitative estimate of drug-likeness (QED) is 0.602. The summed E-state index contributed by atoms with van der Waals surface area (Å²) < 4.78 is 29.9. The summed E-state index contributed by atoms with van der Waals surface area (Å²) in [5.41, 5.74) is 0.946. The molecule has 0 saturated heterocycles. The number of hydrogen-bond donors (Lipinski definition) is 3. The first-order chi connectivity index (χ1) is 13.1. The average molecular weight is 405 g/mol. The van der Waals surface area contributed by atoms with Gasteiger partial charge < -0.3 is 15.4 Å². The van der Waals surface area contributed by atoms with E-state index in [1.165, 1.54) is 25.1 Å². The molecule has 3 N–H and O–H groups in total. The van der Waals surface area contributed by atoms with Gasteiger partial charge in [0.05, 0.1) is 17.5 Å². The van der Waals surface area contributed by atoms with Crippen LogP contribution in [0.15, 0.2) is 48.5 Å². The van der Waals surface area contributed by atoms with Gasteiger partial charge in [-0.05, 0) is 30.3 Å². The van der Waals surface area contributed by atoms with Gasteiger partial charge in [-0.3, -0.25) is 14.3 Å². The van der Waals surface area contributed by atoms with E-state index in [0.717, 1.165) is 6.26 Å². The van der Waals surface area contributed by atoms with Crippen LogP contribution in [0.25, 0.3) is 0 Å². The van der Waals surface area contributed by atoms with Crippen molar-refractivity contribution >= 4 is 44.9 Å². The van der Waals surface area contributed by atoms with E-state index in [1.807, 2.05) is 0 Å². The molecule has 2 aromatic carbocycles. The minimum atomic E-state index is -3.58. The van der Waals surface area contributed by atoms with Gasteiger partial charge in [-0.2, -0.15) is 0 Å². The Labute approximate surface area is 162 Å². The van der Waals surface area contributed by atoms with Crippen molar-refractivity contribution in [3.8, 4) is 0 Å². The smallest absolute Gasteiger partial charge is 0.340 e. The minimum absolute atomic E-state index is 0.0200. The maximum Gasteiger partial charge on any atom is 0.340 e. The van der Waals surface area contributed by atoms with Crippen LogP contribution in [-0.4, -0.2) is 39.1 Å². The van der Waals surface area contributed by atoms with E-state index in [-0.39, 0.29) is 17.2 Å². The van der Waals surface area contributed by atoms with Crippen molar-refractivity contribution in [3.05, 3.63) is 54.1 Å². The Morgan fingerprint density at radius 1 is 0.964 bits per heavy atom. The molecule has 0 saturated carbocycles. The molecule has 28 heavy (non-hydrogen) atoms. The predicted molar refractivity (Wildman–Crippen MR) is 105 cm³/mol. The Bertz CT molecular complexity index is 1000. The van der Waals surface area contributed by atoms with Gasteiger partial charge in [0.15, 0.2) is 6.61 Å². The van der Waals surface area contributed by atoms with E-state index >= 15 is 0 Å². The molecule has 148 valence electrons. The highest BCUT2D eigenvalue weighted by Crippen LogP contribution is 2.18. The third-order valence-corrected chi connectivity index (χ3v) is 3.83. The molecule has 2 amide bonds. The van der Waals surface area contributed by atoms with E-state index in [9.17, 15) is 22.8 Å². The van der Waals surface area contributed by atoms with Gasteiger partial charge in [-0.15, -0.1) is 0 Å². The average Bonchev–Trinajstić information content (AvgIpc) is 2.58. The Hall–Kier alpha value is -3.40. The van der Waals surface area contributed by atoms with Crippen LogP contribution in [0.5, 0.6) is 0 Å². The van der Waals surface area contributed by atoms with Crippen molar-refractivity contribution in [2.45, 2.75) is 6.92 Å². The number of carbonyl (C=O) groups excluding carboxylic acids is 3. The molecule has 0 aliphatic carbocycles. The number of nitrogens with one attached hydrogen (secondary N) is 3. The summed E-state index contributed by atoms with van der Waals surface area (Å²) in [5, 5.41) is 5.12. The first kappa shape index (κ1) is 20.9. The topological polar surface area (TPSA) is 131 Å². The standard InChI is InChI=1S/C18H19N3O6S/c1-12(22)19-13-6-5-7-14(10-13)20-17(23)11-27-18(24)15-8-3-4-9-16(15)21-28(2,25)26/h3-10,21H,11H2,1-2H3,(H,19,22)(H,20,23). The predicted octanol–water partition coefficient (Wildman–Crippen LogP) is 1.81. The fourth-order valence-electron chi connectivity index (χ4n) is 2.23. The molecule has 0 spiro atoms. The van der Waals surface area contributed by atoms with E-state index < -0.39 is 28.5 Å². The molecule has 0 radical (unpaired) electrons. The van der Waals surface area contributed by atoms with Crippen molar-refractivity contribution in [1.82, 2.24) is 0 Å². The molecule has 0 atom stereocenters. The van der Waals surface area contributed by atoms with Gasteiger partial charge in [-0.25, -0.2) is 13.2 Å². The lowest BCUT2D eigenvalue weighted by Gasteiger charge is -2.11. The number of ether oxygens (including phenoxy) is 1.